The number of carbonyl (C=O) groups is 1. The Morgan fingerprint density at radius 1 is 1.44 bits per heavy atom. The van der Waals surface area contributed by atoms with Crippen LogP contribution in [0, 0.1) is 0 Å². The zero-order valence-electron chi connectivity index (χ0n) is 10.7. The van der Waals surface area contributed by atoms with Crippen molar-refractivity contribution in [3.63, 3.8) is 0 Å². The fraction of sp³-hybridized carbons (Fsp3) is 0.462. The van der Waals surface area contributed by atoms with Gasteiger partial charge in [-0.2, -0.15) is 0 Å². The zero-order chi connectivity index (χ0) is 13.4. The number of esters is 1. The lowest BCUT2D eigenvalue weighted by atomic mass is 10.2. The molecule has 0 aliphatic carbocycles. The average Bonchev–Trinajstić information content (AvgIpc) is 2.43. The lowest BCUT2D eigenvalue weighted by Gasteiger charge is -2.15. The molecule has 2 N–H and O–H groups in total. The number of carbonyl (C=O) groups excluding carboxylic acids is 1. The summed E-state index contributed by atoms with van der Waals surface area (Å²) in [4.78, 5) is 11.3. The van der Waals surface area contributed by atoms with Gasteiger partial charge in [0, 0.05) is 12.0 Å². The second kappa shape index (κ2) is 7.68. The van der Waals surface area contributed by atoms with Crippen LogP contribution in [0.25, 0.3) is 0 Å². The van der Waals surface area contributed by atoms with Crippen LogP contribution in [-0.4, -0.2) is 37.9 Å². The molecule has 0 saturated carbocycles. The number of ether oxygens (including phenoxy) is 2. The molecule has 0 saturated heterocycles. The maximum atomic E-state index is 11.3. The third kappa shape index (κ3) is 4.01. The first-order valence-corrected chi connectivity index (χ1v) is 5.79. The summed E-state index contributed by atoms with van der Waals surface area (Å²) in [5.41, 5.74) is 0.733. The van der Waals surface area contributed by atoms with Gasteiger partial charge in [0.15, 0.2) is 0 Å². The number of para-hydroxylation sites is 1. The Morgan fingerprint density at radius 2 is 2.17 bits per heavy atom. The number of aliphatic hydroxyl groups excluding tert-OH is 1. The molecule has 1 aromatic carbocycles. The van der Waals surface area contributed by atoms with Crippen molar-refractivity contribution in [1.29, 1.82) is 0 Å². The Morgan fingerprint density at radius 3 is 2.78 bits per heavy atom. The molecular weight excluding hydrogens is 234 g/mol. The van der Waals surface area contributed by atoms with Crippen LogP contribution < -0.4 is 10.1 Å². The van der Waals surface area contributed by atoms with Crippen LogP contribution in [0.4, 0.5) is 0 Å². The van der Waals surface area contributed by atoms with Gasteiger partial charge in [-0.15, -0.1) is 0 Å². The molecule has 5 heteroatoms. The van der Waals surface area contributed by atoms with Gasteiger partial charge in [0.2, 0.25) is 0 Å². The molecule has 0 fully saturated rings. The molecule has 18 heavy (non-hydrogen) atoms. The van der Waals surface area contributed by atoms with E-state index in [-0.39, 0.29) is 18.6 Å². The molecular formula is C13H19NO4. The molecule has 0 heterocycles. The van der Waals surface area contributed by atoms with Gasteiger partial charge in [0.1, 0.15) is 11.8 Å². The smallest absolute Gasteiger partial charge is 0.322 e. The maximum absolute atomic E-state index is 11.3. The fourth-order valence-corrected chi connectivity index (χ4v) is 1.58. The highest BCUT2D eigenvalue weighted by molar-refractivity contribution is 5.75. The Balaban J connectivity index is 2.47. The zero-order valence-corrected chi connectivity index (χ0v) is 10.7. The van der Waals surface area contributed by atoms with E-state index < -0.39 is 0 Å². The minimum absolute atomic E-state index is 0.0668. The van der Waals surface area contributed by atoms with E-state index in [1.165, 1.54) is 7.11 Å². The van der Waals surface area contributed by atoms with E-state index in [9.17, 15) is 4.79 Å². The maximum Gasteiger partial charge on any atom is 0.322 e. The summed E-state index contributed by atoms with van der Waals surface area (Å²) in [6.07, 6.45) is 0.503. The molecule has 100 valence electrons. The van der Waals surface area contributed by atoms with E-state index in [4.69, 9.17) is 9.84 Å². The van der Waals surface area contributed by atoms with Crippen molar-refractivity contribution in [3.05, 3.63) is 29.8 Å². The summed E-state index contributed by atoms with van der Waals surface area (Å²) in [6, 6.07) is 6.88. The minimum Gasteiger partial charge on any atom is -0.493 e. The number of likely N-dealkylation sites (N-methyl/N-ethyl adjacent to an activating group) is 1. The molecule has 0 amide bonds. The minimum atomic E-state index is -0.378. The van der Waals surface area contributed by atoms with Crippen LogP contribution in [0.3, 0.4) is 0 Å². The predicted octanol–water partition coefficient (Wildman–Crippen LogP) is 0.709. The van der Waals surface area contributed by atoms with Gasteiger partial charge in [0.05, 0.1) is 20.3 Å². The van der Waals surface area contributed by atoms with Gasteiger partial charge in [-0.3, -0.25) is 4.79 Å². The van der Waals surface area contributed by atoms with Crippen LogP contribution >= 0.6 is 0 Å². The highest BCUT2D eigenvalue weighted by Gasteiger charge is 2.16. The molecule has 1 aromatic rings. The van der Waals surface area contributed by atoms with Crippen molar-refractivity contribution < 1.29 is 19.4 Å². The van der Waals surface area contributed by atoms with Crippen molar-refractivity contribution in [2.45, 2.75) is 19.1 Å². The monoisotopic (exact) mass is 253 g/mol. The number of rotatable bonds is 7. The molecule has 1 atom stereocenters. The van der Waals surface area contributed by atoms with Crippen molar-refractivity contribution in [1.82, 2.24) is 5.32 Å². The van der Waals surface area contributed by atoms with Crippen LogP contribution in [0.15, 0.2) is 24.3 Å². The van der Waals surface area contributed by atoms with Crippen molar-refractivity contribution >= 4 is 5.97 Å². The lowest BCUT2D eigenvalue weighted by Crippen LogP contribution is -2.36. The number of nitrogens with one attached hydrogen (secondary N) is 1. The van der Waals surface area contributed by atoms with E-state index in [0.29, 0.717) is 18.8 Å². The number of hydrogen-bond acceptors (Lipinski definition) is 5. The van der Waals surface area contributed by atoms with Crippen molar-refractivity contribution in [2.75, 3.05) is 20.8 Å². The molecule has 0 aliphatic rings. The van der Waals surface area contributed by atoms with Gasteiger partial charge >= 0.3 is 5.97 Å². The van der Waals surface area contributed by atoms with E-state index in [2.05, 4.69) is 10.1 Å². The van der Waals surface area contributed by atoms with E-state index in [0.717, 1.165) is 5.56 Å². The highest BCUT2D eigenvalue weighted by Crippen LogP contribution is 2.17. The van der Waals surface area contributed by atoms with Gasteiger partial charge in [0.25, 0.3) is 0 Å². The summed E-state index contributed by atoms with van der Waals surface area (Å²) in [6.45, 7) is 0.306. The standard InChI is InChI=1S/C13H19NO4/c1-14-11(13(16)17-2)7-8-18-12-6-4-3-5-10(12)9-15/h3-6,11,14-15H,7-9H2,1-2H3. The fourth-order valence-electron chi connectivity index (χ4n) is 1.58. The number of benzene rings is 1. The third-order valence-electron chi connectivity index (χ3n) is 2.64. The topological polar surface area (TPSA) is 67.8 Å². The molecule has 1 unspecified atom stereocenters. The molecule has 0 aliphatic heterocycles. The number of hydrogen-bond donors (Lipinski definition) is 2. The first-order chi connectivity index (χ1) is 8.72. The van der Waals surface area contributed by atoms with Crippen molar-refractivity contribution in [3.8, 4) is 5.75 Å². The van der Waals surface area contributed by atoms with Gasteiger partial charge in [-0.25, -0.2) is 0 Å². The summed E-state index contributed by atoms with van der Waals surface area (Å²) in [5, 5.41) is 12.0. The Kier molecular flexibility index (Phi) is 6.18. The quantitative estimate of drug-likeness (QED) is 0.700. The van der Waals surface area contributed by atoms with Crippen LogP contribution in [0.5, 0.6) is 5.75 Å². The predicted molar refractivity (Wildman–Crippen MR) is 67.3 cm³/mol. The SMILES string of the molecule is CNC(CCOc1ccccc1CO)C(=O)OC. The van der Waals surface area contributed by atoms with Gasteiger partial charge < -0.3 is 19.9 Å². The Labute approximate surface area is 107 Å². The molecule has 1 rings (SSSR count). The normalized spacial score (nSPS) is 11.9. The summed E-state index contributed by atoms with van der Waals surface area (Å²) < 4.78 is 10.2. The lowest BCUT2D eigenvalue weighted by molar-refractivity contribution is -0.143. The molecule has 0 aromatic heterocycles. The summed E-state index contributed by atoms with van der Waals surface area (Å²) in [7, 11) is 3.05. The Hall–Kier alpha value is -1.59. The first kappa shape index (κ1) is 14.5. The Bertz CT molecular complexity index is 381. The first-order valence-electron chi connectivity index (χ1n) is 5.79. The molecule has 0 spiro atoms. The second-order valence-corrected chi connectivity index (χ2v) is 3.77. The molecule has 0 bridgehead atoms. The summed E-state index contributed by atoms with van der Waals surface area (Å²) in [5.74, 6) is 0.330. The van der Waals surface area contributed by atoms with Gasteiger partial charge in [-0.05, 0) is 13.1 Å². The van der Waals surface area contributed by atoms with Crippen LogP contribution in [0.2, 0.25) is 0 Å². The summed E-state index contributed by atoms with van der Waals surface area (Å²) >= 11 is 0. The number of aliphatic hydroxyl groups is 1. The van der Waals surface area contributed by atoms with Crippen LogP contribution in [-0.2, 0) is 16.1 Å². The molecule has 0 radical (unpaired) electrons. The molecule has 5 nitrogen and oxygen atoms in total. The highest BCUT2D eigenvalue weighted by atomic mass is 16.5. The average molecular weight is 253 g/mol. The van der Waals surface area contributed by atoms with Gasteiger partial charge in [-0.1, -0.05) is 18.2 Å². The largest absolute Gasteiger partial charge is 0.493 e. The van der Waals surface area contributed by atoms with E-state index >= 15 is 0 Å². The van der Waals surface area contributed by atoms with Crippen molar-refractivity contribution in [2.24, 2.45) is 0 Å². The van der Waals surface area contributed by atoms with E-state index in [1.807, 2.05) is 12.1 Å². The number of methoxy groups -OCH3 is 1. The van der Waals surface area contributed by atoms with E-state index in [1.54, 1.807) is 19.2 Å². The third-order valence-corrected chi connectivity index (χ3v) is 2.64. The van der Waals surface area contributed by atoms with Crippen LogP contribution in [0.1, 0.15) is 12.0 Å². The second-order valence-electron chi connectivity index (χ2n) is 3.77.